The molecule has 1 N–H and O–H groups in total. The van der Waals surface area contributed by atoms with E-state index >= 15 is 0 Å². The van der Waals surface area contributed by atoms with E-state index in [0.717, 1.165) is 12.0 Å². The molecule has 0 aromatic heterocycles. The summed E-state index contributed by atoms with van der Waals surface area (Å²) in [5.74, 6) is 0.850. The van der Waals surface area contributed by atoms with E-state index < -0.39 is 0 Å². The van der Waals surface area contributed by atoms with Gasteiger partial charge in [-0.1, -0.05) is 47.0 Å². The highest BCUT2D eigenvalue weighted by Gasteiger charge is 2.35. The summed E-state index contributed by atoms with van der Waals surface area (Å²) < 4.78 is 0. The van der Waals surface area contributed by atoms with Gasteiger partial charge in [0, 0.05) is 12.6 Å². The van der Waals surface area contributed by atoms with Crippen LogP contribution in [-0.2, 0) is 0 Å². The molecule has 0 aromatic carbocycles. The SMILES string of the molecule is CC(C)CC1(CNC2CCCC(C)(C)C2)CCCC1. The summed E-state index contributed by atoms with van der Waals surface area (Å²) in [4.78, 5) is 0. The summed E-state index contributed by atoms with van der Waals surface area (Å²) in [7, 11) is 0. The minimum Gasteiger partial charge on any atom is -0.313 e. The Morgan fingerprint density at radius 3 is 2.32 bits per heavy atom. The summed E-state index contributed by atoms with van der Waals surface area (Å²) in [6.45, 7) is 11.0. The van der Waals surface area contributed by atoms with Gasteiger partial charge >= 0.3 is 0 Å². The molecule has 0 spiro atoms. The van der Waals surface area contributed by atoms with Gasteiger partial charge in [-0.05, 0) is 55.3 Å². The van der Waals surface area contributed by atoms with Crippen molar-refractivity contribution in [2.75, 3.05) is 6.54 Å². The third kappa shape index (κ3) is 4.48. The quantitative estimate of drug-likeness (QED) is 0.724. The van der Waals surface area contributed by atoms with Crippen molar-refractivity contribution >= 4 is 0 Å². The first-order chi connectivity index (χ1) is 8.91. The highest BCUT2D eigenvalue weighted by atomic mass is 14.9. The number of nitrogens with one attached hydrogen (secondary N) is 1. The van der Waals surface area contributed by atoms with E-state index in [1.54, 1.807) is 0 Å². The summed E-state index contributed by atoms with van der Waals surface area (Å²) >= 11 is 0. The van der Waals surface area contributed by atoms with Crippen molar-refractivity contribution in [3.8, 4) is 0 Å². The molecule has 0 heterocycles. The zero-order chi connectivity index (χ0) is 13.9. The molecule has 0 radical (unpaired) electrons. The van der Waals surface area contributed by atoms with Crippen LogP contribution in [0.25, 0.3) is 0 Å². The fraction of sp³-hybridized carbons (Fsp3) is 1.00. The van der Waals surface area contributed by atoms with E-state index in [-0.39, 0.29) is 0 Å². The van der Waals surface area contributed by atoms with Gasteiger partial charge in [0.15, 0.2) is 0 Å². The van der Waals surface area contributed by atoms with Crippen LogP contribution in [0.5, 0.6) is 0 Å². The van der Waals surface area contributed by atoms with Crippen molar-refractivity contribution in [1.82, 2.24) is 5.32 Å². The molecule has 112 valence electrons. The van der Waals surface area contributed by atoms with Gasteiger partial charge in [-0.25, -0.2) is 0 Å². The van der Waals surface area contributed by atoms with Crippen LogP contribution in [0.1, 0.15) is 85.5 Å². The lowest BCUT2D eigenvalue weighted by Gasteiger charge is -2.39. The van der Waals surface area contributed by atoms with Crippen molar-refractivity contribution in [2.45, 2.75) is 91.5 Å². The van der Waals surface area contributed by atoms with Gasteiger partial charge < -0.3 is 5.32 Å². The Labute approximate surface area is 120 Å². The minimum absolute atomic E-state index is 0.566. The molecule has 2 rings (SSSR count). The molecular weight excluding hydrogens is 230 g/mol. The average Bonchev–Trinajstić information content (AvgIpc) is 2.73. The van der Waals surface area contributed by atoms with Crippen molar-refractivity contribution < 1.29 is 0 Å². The summed E-state index contributed by atoms with van der Waals surface area (Å²) in [5.41, 5.74) is 1.20. The molecule has 1 atom stereocenters. The number of rotatable bonds is 5. The predicted octanol–water partition coefficient (Wildman–Crippen LogP) is 5.15. The van der Waals surface area contributed by atoms with Gasteiger partial charge in [0.05, 0.1) is 0 Å². The molecule has 0 bridgehead atoms. The Bertz CT molecular complexity index is 273. The molecular formula is C18H35N. The van der Waals surface area contributed by atoms with Crippen LogP contribution in [0, 0.1) is 16.7 Å². The first-order valence-corrected chi connectivity index (χ1v) is 8.64. The van der Waals surface area contributed by atoms with Crippen LogP contribution in [0.15, 0.2) is 0 Å². The van der Waals surface area contributed by atoms with E-state index in [9.17, 15) is 0 Å². The minimum atomic E-state index is 0.566. The zero-order valence-corrected chi connectivity index (χ0v) is 13.7. The molecule has 0 aliphatic heterocycles. The van der Waals surface area contributed by atoms with Crippen LogP contribution in [0.4, 0.5) is 0 Å². The second-order valence-electron chi connectivity index (χ2n) is 8.64. The third-order valence-electron chi connectivity index (χ3n) is 5.48. The number of hydrogen-bond acceptors (Lipinski definition) is 1. The Morgan fingerprint density at radius 1 is 1.05 bits per heavy atom. The molecule has 19 heavy (non-hydrogen) atoms. The van der Waals surface area contributed by atoms with Gasteiger partial charge in [0.2, 0.25) is 0 Å². The van der Waals surface area contributed by atoms with Gasteiger partial charge in [-0.2, -0.15) is 0 Å². The van der Waals surface area contributed by atoms with Crippen LogP contribution in [0.3, 0.4) is 0 Å². The van der Waals surface area contributed by atoms with Crippen LogP contribution >= 0.6 is 0 Å². The lowest BCUT2D eigenvalue weighted by Crippen LogP contribution is -2.43. The fourth-order valence-corrected chi connectivity index (χ4v) is 4.68. The van der Waals surface area contributed by atoms with Gasteiger partial charge in [-0.15, -0.1) is 0 Å². The number of hydrogen-bond donors (Lipinski definition) is 1. The Morgan fingerprint density at radius 2 is 1.74 bits per heavy atom. The van der Waals surface area contributed by atoms with E-state index in [4.69, 9.17) is 0 Å². The fourth-order valence-electron chi connectivity index (χ4n) is 4.68. The maximum absolute atomic E-state index is 3.97. The molecule has 2 saturated carbocycles. The summed E-state index contributed by atoms with van der Waals surface area (Å²) in [5, 5.41) is 3.97. The largest absolute Gasteiger partial charge is 0.313 e. The second-order valence-corrected chi connectivity index (χ2v) is 8.64. The van der Waals surface area contributed by atoms with E-state index in [1.807, 2.05) is 0 Å². The Hall–Kier alpha value is -0.0400. The molecule has 0 aromatic rings. The lowest BCUT2D eigenvalue weighted by molar-refractivity contribution is 0.164. The Balaban J connectivity index is 1.85. The first-order valence-electron chi connectivity index (χ1n) is 8.64. The zero-order valence-electron chi connectivity index (χ0n) is 13.7. The molecule has 1 heteroatoms. The monoisotopic (exact) mass is 265 g/mol. The van der Waals surface area contributed by atoms with Gasteiger partial charge in [0.25, 0.3) is 0 Å². The molecule has 1 nitrogen and oxygen atoms in total. The van der Waals surface area contributed by atoms with Crippen molar-refractivity contribution in [3.63, 3.8) is 0 Å². The maximum atomic E-state index is 3.97. The van der Waals surface area contributed by atoms with E-state index in [0.29, 0.717) is 10.8 Å². The topological polar surface area (TPSA) is 12.0 Å². The van der Waals surface area contributed by atoms with Crippen LogP contribution < -0.4 is 5.32 Å². The van der Waals surface area contributed by atoms with Crippen LogP contribution in [-0.4, -0.2) is 12.6 Å². The maximum Gasteiger partial charge on any atom is 0.00723 e. The second kappa shape index (κ2) is 6.16. The molecule has 0 amide bonds. The highest BCUT2D eigenvalue weighted by molar-refractivity contribution is 4.90. The van der Waals surface area contributed by atoms with Crippen molar-refractivity contribution in [1.29, 1.82) is 0 Å². The Kier molecular flexibility index (Phi) is 4.98. The van der Waals surface area contributed by atoms with Crippen molar-refractivity contribution in [3.05, 3.63) is 0 Å². The summed E-state index contributed by atoms with van der Waals surface area (Å²) in [6, 6.07) is 0.786. The van der Waals surface area contributed by atoms with E-state index in [1.165, 1.54) is 64.3 Å². The van der Waals surface area contributed by atoms with Gasteiger partial charge in [0.1, 0.15) is 0 Å². The predicted molar refractivity (Wildman–Crippen MR) is 84.4 cm³/mol. The molecule has 0 saturated heterocycles. The van der Waals surface area contributed by atoms with Crippen LogP contribution in [0.2, 0.25) is 0 Å². The lowest BCUT2D eigenvalue weighted by atomic mass is 9.74. The molecule has 2 fully saturated rings. The normalized spacial score (nSPS) is 29.8. The average molecular weight is 265 g/mol. The van der Waals surface area contributed by atoms with Gasteiger partial charge in [-0.3, -0.25) is 0 Å². The van der Waals surface area contributed by atoms with Crippen molar-refractivity contribution in [2.24, 2.45) is 16.7 Å². The molecule has 2 aliphatic rings. The van der Waals surface area contributed by atoms with E-state index in [2.05, 4.69) is 33.0 Å². The standard InChI is InChI=1S/C18H35N/c1-15(2)12-18(10-5-6-11-18)14-19-16-8-7-9-17(3,4)13-16/h15-16,19H,5-14H2,1-4H3. The third-order valence-corrected chi connectivity index (χ3v) is 5.48. The summed E-state index contributed by atoms with van der Waals surface area (Å²) in [6.07, 6.45) is 12.9. The molecule has 1 unspecified atom stereocenters. The smallest absolute Gasteiger partial charge is 0.00723 e. The highest BCUT2D eigenvalue weighted by Crippen LogP contribution is 2.43. The first kappa shape index (κ1) is 15.4. The molecule has 2 aliphatic carbocycles.